The van der Waals surface area contributed by atoms with Crippen molar-refractivity contribution in [1.29, 1.82) is 0 Å². The van der Waals surface area contributed by atoms with Crippen LogP contribution in [0.3, 0.4) is 0 Å². The molecule has 0 aromatic carbocycles. The molecule has 0 atom stereocenters. The zero-order chi connectivity index (χ0) is 11.5. The highest BCUT2D eigenvalue weighted by molar-refractivity contribution is 5.93. The Morgan fingerprint density at radius 3 is 2.33 bits per heavy atom. The van der Waals surface area contributed by atoms with E-state index in [1.807, 2.05) is 20.8 Å². The summed E-state index contributed by atoms with van der Waals surface area (Å²) in [6.45, 7) is 12.7. The summed E-state index contributed by atoms with van der Waals surface area (Å²) in [5.41, 5.74) is 0.497. The molecule has 1 saturated heterocycles. The fraction of sp³-hybridized carbons (Fsp3) is 0.750. The molecule has 0 bridgehead atoms. The summed E-state index contributed by atoms with van der Waals surface area (Å²) in [6.07, 6.45) is 2.49. The second-order valence-electron chi connectivity index (χ2n) is 5.29. The SMILES string of the molecule is C=C(CN1CCCC1)C(=O)NC(C)(C)C. The van der Waals surface area contributed by atoms with Crippen LogP contribution in [0.2, 0.25) is 0 Å². The van der Waals surface area contributed by atoms with Gasteiger partial charge in [-0.1, -0.05) is 6.58 Å². The van der Waals surface area contributed by atoms with Gasteiger partial charge in [-0.3, -0.25) is 9.69 Å². The summed E-state index contributed by atoms with van der Waals surface area (Å²) in [5.74, 6) is -0.0191. The van der Waals surface area contributed by atoms with E-state index < -0.39 is 0 Å². The molecule has 0 radical (unpaired) electrons. The Kier molecular flexibility index (Phi) is 3.91. The highest BCUT2D eigenvalue weighted by Crippen LogP contribution is 2.10. The zero-order valence-corrected chi connectivity index (χ0v) is 10.1. The maximum atomic E-state index is 11.7. The van der Waals surface area contributed by atoms with Crippen LogP contribution >= 0.6 is 0 Å². The molecule has 86 valence electrons. The lowest BCUT2D eigenvalue weighted by molar-refractivity contribution is -0.119. The van der Waals surface area contributed by atoms with Crippen molar-refractivity contribution < 1.29 is 4.79 Å². The Morgan fingerprint density at radius 2 is 1.87 bits per heavy atom. The average Bonchev–Trinajstić information content (AvgIpc) is 2.53. The van der Waals surface area contributed by atoms with Gasteiger partial charge in [0.1, 0.15) is 0 Å². The van der Waals surface area contributed by atoms with E-state index in [-0.39, 0.29) is 11.4 Å². The summed E-state index contributed by atoms with van der Waals surface area (Å²) in [6, 6.07) is 0. The van der Waals surface area contributed by atoms with E-state index in [4.69, 9.17) is 0 Å². The van der Waals surface area contributed by atoms with Gasteiger partial charge < -0.3 is 5.32 Å². The molecule has 0 aromatic heterocycles. The van der Waals surface area contributed by atoms with Crippen LogP contribution in [0.5, 0.6) is 0 Å². The first-order chi connectivity index (χ1) is 6.88. The maximum Gasteiger partial charge on any atom is 0.248 e. The van der Waals surface area contributed by atoms with Crippen LogP contribution in [0.4, 0.5) is 0 Å². The smallest absolute Gasteiger partial charge is 0.248 e. The van der Waals surface area contributed by atoms with Crippen molar-refractivity contribution in [3.63, 3.8) is 0 Å². The Labute approximate surface area is 92.5 Å². The number of nitrogens with one attached hydrogen (secondary N) is 1. The van der Waals surface area contributed by atoms with Crippen molar-refractivity contribution in [2.75, 3.05) is 19.6 Å². The third kappa shape index (κ3) is 4.47. The fourth-order valence-electron chi connectivity index (χ4n) is 1.71. The van der Waals surface area contributed by atoms with Gasteiger partial charge in [-0.2, -0.15) is 0 Å². The zero-order valence-electron chi connectivity index (χ0n) is 10.1. The second kappa shape index (κ2) is 4.79. The van der Waals surface area contributed by atoms with E-state index >= 15 is 0 Å². The number of hydrogen-bond donors (Lipinski definition) is 1. The Morgan fingerprint density at radius 1 is 1.33 bits per heavy atom. The summed E-state index contributed by atoms with van der Waals surface area (Å²) < 4.78 is 0. The van der Waals surface area contributed by atoms with E-state index in [1.165, 1.54) is 12.8 Å². The van der Waals surface area contributed by atoms with Gasteiger partial charge in [-0.15, -0.1) is 0 Å². The first kappa shape index (κ1) is 12.2. The lowest BCUT2D eigenvalue weighted by Gasteiger charge is -2.23. The molecule has 3 heteroatoms. The summed E-state index contributed by atoms with van der Waals surface area (Å²) in [5, 5.41) is 2.93. The van der Waals surface area contributed by atoms with Gasteiger partial charge in [-0.25, -0.2) is 0 Å². The Hall–Kier alpha value is -0.830. The van der Waals surface area contributed by atoms with Crippen LogP contribution in [-0.2, 0) is 4.79 Å². The van der Waals surface area contributed by atoms with E-state index in [9.17, 15) is 4.79 Å². The largest absolute Gasteiger partial charge is 0.348 e. The van der Waals surface area contributed by atoms with Crippen molar-refractivity contribution in [3.8, 4) is 0 Å². The average molecular weight is 210 g/mol. The molecule has 1 aliphatic rings. The summed E-state index contributed by atoms with van der Waals surface area (Å²) in [4.78, 5) is 14.0. The molecule has 1 N–H and O–H groups in total. The number of carbonyl (C=O) groups is 1. The van der Waals surface area contributed by atoms with Crippen LogP contribution < -0.4 is 5.32 Å². The number of nitrogens with zero attached hydrogens (tertiary/aromatic N) is 1. The van der Waals surface area contributed by atoms with E-state index in [1.54, 1.807) is 0 Å². The molecule has 1 rings (SSSR count). The summed E-state index contributed by atoms with van der Waals surface area (Å²) >= 11 is 0. The number of rotatable bonds is 3. The van der Waals surface area contributed by atoms with Gasteiger partial charge in [0.15, 0.2) is 0 Å². The normalized spacial score (nSPS) is 17.8. The molecule has 0 saturated carbocycles. The minimum Gasteiger partial charge on any atom is -0.348 e. The molecule has 0 unspecified atom stereocenters. The van der Waals surface area contributed by atoms with Crippen molar-refractivity contribution in [2.24, 2.45) is 0 Å². The molecule has 1 heterocycles. The van der Waals surface area contributed by atoms with Crippen LogP contribution in [-0.4, -0.2) is 36.0 Å². The minimum atomic E-state index is -0.176. The minimum absolute atomic E-state index is 0.0191. The van der Waals surface area contributed by atoms with E-state index in [2.05, 4.69) is 16.8 Å². The molecule has 0 spiro atoms. The predicted octanol–water partition coefficient (Wildman–Crippen LogP) is 1.55. The summed E-state index contributed by atoms with van der Waals surface area (Å²) in [7, 11) is 0. The van der Waals surface area contributed by atoms with Gasteiger partial charge in [0.2, 0.25) is 5.91 Å². The molecule has 0 aromatic rings. The van der Waals surface area contributed by atoms with Crippen molar-refractivity contribution >= 4 is 5.91 Å². The molecule has 0 aliphatic carbocycles. The fourth-order valence-corrected chi connectivity index (χ4v) is 1.71. The van der Waals surface area contributed by atoms with Crippen LogP contribution in [0.15, 0.2) is 12.2 Å². The number of hydrogen-bond acceptors (Lipinski definition) is 2. The van der Waals surface area contributed by atoms with Crippen LogP contribution in [0, 0.1) is 0 Å². The molecule has 1 aliphatic heterocycles. The number of carbonyl (C=O) groups excluding carboxylic acids is 1. The van der Waals surface area contributed by atoms with Gasteiger partial charge in [-0.05, 0) is 46.7 Å². The van der Waals surface area contributed by atoms with E-state index in [0.717, 1.165) is 13.1 Å². The van der Waals surface area contributed by atoms with Crippen molar-refractivity contribution in [2.45, 2.75) is 39.2 Å². The Bertz CT molecular complexity index is 247. The Balaban J connectivity index is 2.36. The second-order valence-corrected chi connectivity index (χ2v) is 5.29. The molecular formula is C12H22N2O. The maximum absolute atomic E-state index is 11.7. The highest BCUT2D eigenvalue weighted by atomic mass is 16.1. The first-order valence-corrected chi connectivity index (χ1v) is 5.61. The lowest BCUT2D eigenvalue weighted by atomic mass is 10.1. The molecule has 3 nitrogen and oxygen atoms in total. The van der Waals surface area contributed by atoms with Crippen molar-refractivity contribution in [1.82, 2.24) is 10.2 Å². The lowest BCUT2D eigenvalue weighted by Crippen LogP contribution is -2.42. The number of amides is 1. The molecular weight excluding hydrogens is 188 g/mol. The van der Waals surface area contributed by atoms with Crippen LogP contribution in [0.25, 0.3) is 0 Å². The van der Waals surface area contributed by atoms with Crippen molar-refractivity contribution in [3.05, 3.63) is 12.2 Å². The predicted molar refractivity (Wildman–Crippen MR) is 62.7 cm³/mol. The monoisotopic (exact) mass is 210 g/mol. The van der Waals surface area contributed by atoms with Gasteiger partial charge in [0, 0.05) is 17.7 Å². The standard InChI is InChI=1S/C12H22N2O/c1-10(9-14-7-5-6-8-14)11(15)13-12(2,3)4/h1,5-9H2,2-4H3,(H,13,15). The van der Waals surface area contributed by atoms with E-state index in [0.29, 0.717) is 12.1 Å². The van der Waals surface area contributed by atoms with Gasteiger partial charge in [0.05, 0.1) is 0 Å². The molecule has 1 amide bonds. The van der Waals surface area contributed by atoms with Crippen LogP contribution in [0.1, 0.15) is 33.6 Å². The highest BCUT2D eigenvalue weighted by Gasteiger charge is 2.19. The molecule has 15 heavy (non-hydrogen) atoms. The van der Waals surface area contributed by atoms with Gasteiger partial charge >= 0.3 is 0 Å². The number of likely N-dealkylation sites (tertiary alicyclic amines) is 1. The first-order valence-electron chi connectivity index (χ1n) is 5.61. The third-order valence-corrected chi connectivity index (χ3v) is 2.42. The third-order valence-electron chi connectivity index (χ3n) is 2.42. The topological polar surface area (TPSA) is 32.3 Å². The van der Waals surface area contributed by atoms with Gasteiger partial charge in [0.25, 0.3) is 0 Å². The quantitative estimate of drug-likeness (QED) is 0.717. The molecule has 1 fully saturated rings.